The van der Waals surface area contributed by atoms with Gasteiger partial charge in [0.05, 0.1) is 6.07 Å². The first-order valence-corrected chi connectivity index (χ1v) is 3.90. The van der Waals surface area contributed by atoms with Crippen molar-refractivity contribution in [1.29, 1.82) is 5.26 Å². The maximum atomic E-state index is 8.21. The second-order valence-electron chi connectivity index (χ2n) is 3.15. The van der Waals surface area contributed by atoms with E-state index in [4.69, 9.17) is 5.26 Å². The third kappa shape index (κ3) is 7.08. The molecule has 0 rings (SSSR count). The fourth-order valence-electron chi connectivity index (χ4n) is 0.983. The second kappa shape index (κ2) is 5.94. The van der Waals surface area contributed by atoms with Gasteiger partial charge in [0, 0.05) is 19.2 Å². The van der Waals surface area contributed by atoms with Crippen LogP contribution in [0.5, 0.6) is 0 Å². The van der Waals surface area contributed by atoms with Crippen LogP contribution in [0.15, 0.2) is 12.2 Å². The predicted octanol–water partition coefficient (Wildman–Crippen LogP) is 1.65. The maximum Gasteiger partial charge on any atom is 0.0909 e. The number of hydrogen-bond acceptors (Lipinski definition) is 2. The lowest BCUT2D eigenvalue weighted by molar-refractivity contribution is 0.324. The lowest BCUT2D eigenvalue weighted by Gasteiger charge is -2.16. The van der Waals surface area contributed by atoms with Gasteiger partial charge in [0.15, 0.2) is 0 Å². The van der Waals surface area contributed by atoms with E-state index in [0.29, 0.717) is 5.92 Å². The minimum absolute atomic E-state index is 0.690. The van der Waals surface area contributed by atoms with E-state index >= 15 is 0 Å². The van der Waals surface area contributed by atoms with Crippen molar-refractivity contribution < 1.29 is 0 Å². The number of rotatable bonds is 4. The molecule has 0 saturated heterocycles. The van der Waals surface area contributed by atoms with E-state index in [9.17, 15) is 0 Å². The fourth-order valence-corrected chi connectivity index (χ4v) is 0.983. The summed E-state index contributed by atoms with van der Waals surface area (Å²) in [4.78, 5) is 2.19. The molecule has 0 aromatic rings. The van der Waals surface area contributed by atoms with E-state index in [2.05, 4.69) is 25.8 Å². The predicted molar refractivity (Wildman–Crippen MR) is 47.1 cm³/mol. The first-order chi connectivity index (χ1) is 5.16. The number of nitriles is 1. The van der Waals surface area contributed by atoms with Gasteiger partial charge in [0.25, 0.3) is 0 Å². The van der Waals surface area contributed by atoms with Crippen molar-refractivity contribution >= 4 is 0 Å². The largest absolute Gasteiger partial charge is 0.302 e. The zero-order chi connectivity index (χ0) is 8.69. The summed E-state index contributed by atoms with van der Waals surface area (Å²) < 4.78 is 0. The zero-order valence-corrected chi connectivity index (χ0v) is 7.54. The van der Waals surface area contributed by atoms with Gasteiger partial charge in [-0.25, -0.2) is 0 Å². The molecule has 0 saturated carbocycles. The minimum atomic E-state index is 0.690. The Balaban J connectivity index is 3.46. The van der Waals surface area contributed by atoms with E-state index in [1.165, 1.54) is 6.08 Å². The Morgan fingerprint density at radius 1 is 1.55 bits per heavy atom. The first kappa shape index (κ1) is 10.2. The van der Waals surface area contributed by atoms with Crippen LogP contribution in [0.25, 0.3) is 0 Å². The smallest absolute Gasteiger partial charge is 0.0909 e. The molecular formula is C9H16N2. The van der Waals surface area contributed by atoms with Crippen LogP contribution in [0.2, 0.25) is 0 Å². The van der Waals surface area contributed by atoms with Gasteiger partial charge in [-0.2, -0.15) is 5.26 Å². The highest BCUT2D eigenvalue weighted by atomic mass is 15.1. The molecule has 0 radical (unpaired) electrons. The molecule has 2 nitrogen and oxygen atoms in total. The maximum absolute atomic E-state index is 8.21. The van der Waals surface area contributed by atoms with Crippen molar-refractivity contribution in [2.45, 2.75) is 13.8 Å². The van der Waals surface area contributed by atoms with Gasteiger partial charge in [-0.1, -0.05) is 19.9 Å². The van der Waals surface area contributed by atoms with Gasteiger partial charge in [-0.05, 0) is 13.0 Å². The lowest BCUT2D eigenvalue weighted by atomic mass is 10.2. The molecule has 11 heavy (non-hydrogen) atoms. The van der Waals surface area contributed by atoms with Crippen molar-refractivity contribution in [3.8, 4) is 6.07 Å². The van der Waals surface area contributed by atoms with E-state index in [0.717, 1.165) is 13.1 Å². The molecule has 0 amide bonds. The Kier molecular flexibility index (Phi) is 5.50. The number of allylic oxidation sites excluding steroid dienone is 1. The minimum Gasteiger partial charge on any atom is -0.302 e. The Hall–Kier alpha value is -0.810. The highest BCUT2D eigenvalue weighted by Gasteiger charge is 1.97. The molecule has 0 aromatic heterocycles. The van der Waals surface area contributed by atoms with Crippen molar-refractivity contribution in [2.24, 2.45) is 5.92 Å². The molecule has 62 valence electrons. The van der Waals surface area contributed by atoms with Crippen LogP contribution in [0.3, 0.4) is 0 Å². The van der Waals surface area contributed by atoms with Crippen molar-refractivity contribution in [2.75, 3.05) is 20.1 Å². The molecule has 0 bridgehead atoms. The fraction of sp³-hybridized carbons (Fsp3) is 0.667. The molecule has 0 heterocycles. The molecule has 0 aliphatic heterocycles. The van der Waals surface area contributed by atoms with Gasteiger partial charge in [-0.15, -0.1) is 0 Å². The summed E-state index contributed by atoms with van der Waals surface area (Å²) in [7, 11) is 2.06. The Morgan fingerprint density at radius 2 is 2.18 bits per heavy atom. The summed E-state index contributed by atoms with van der Waals surface area (Å²) >= 11 is 0. The summed E-state index contributed by atoms with van der Waals surface area (Å²) in [6.45, 7) is 6.32. The van der Waals surface area contributed by atoms with Crippen LogP contribution in [-0.2, 0) is 0 Å². The van der Waals surface area contributed by atoms with Crippen LogP contribution >= 0.6 is 0 Å². The van der Waals surface area contributed by atoms with Gasteiger partial charge in [0.1, 0.15) is 0 Å². The Labute approximate surface area is 69.1 Å². The Bertz CT molecular complexity index is 153. The molecule has 0 fully saturated rings. The Morgan fingerprint density at radius 3 is 2.64 bits per heavy atom. The zero-order valence-electron chi connectivity index (χ0n) is 7.54. The van der Waals surface area contributed by atoms with Gasteiger partial charge < -0.3 is 4.90 Å². The molecule has 0 spiro atoms. The molecule has 0 aliphatic carbocycles. The summed E-state index contributed by atoms with van der Waals surface area (Å²) in [6, 6.07) is 1.97. The van der Waals surface area contributed by atoms with E-state index < -0.39 is 0 Å². The number of hydrogen-bond donors (Lipinski definition) is 0. The lowest BCUT2D eigenvalue weighted by Crippen LogP contribution is -2.23. The summed E-state index contributed by atoms with van der Waals surface area (Å²) in [5, 5.41) is 8.21. The standard InChI is InChI=1S/C9H16N2/c1-9(2)8-11(3)7-5-4-6-10/h4-5,9H,7-8H2,1-3H3/b5-4+. The van der Waals surface area contributed by atoms with Crippen molar-refractivity contribution in [1.82, 2.24) is 4.90 Å². The highest BCUT2D eigenvalue weighted by molar-refractivity contribution is 5.02. The van der Waals surface area contributed by atoms with Gasteiger partial charge in [-0.3, -0.25) is 0 Å². The average Bonchev–Trinajstić information content (AvgIpc) is 1.86. The van der Waals surface area contributed by atoms with Crippen LogP contribution in [0, 0.1) is 17.2 Å². The van der Waals surface area contributed by atoms with Crippen LogP contribution < -0.4 is 0 Å². The first-order valence-electron chi connectivity index (χ1n) is 3.90. The molecule has 0 atom stereocenters. The molecule has 0 aliphatic rings. The quantitative estimate of drug-likeness (QED) is 0.573. The van der Waals surface area contributed by atoms with E-state index in [1.807, 2.05) is 12.1 Å². The molecule has 0 N–H and O–H groups in total. The second-order valence-corrected chi connectivity index (χ2v) is 3.15. The summed E-state index contributed by atoms with van der Waals surface area (Å²) in [5.74, 6) is 0.690. The van der Waals surface area contributed by atoms with Gasteiger partial charge in [0.2, 0.25) is 0 Å². The van der Waals surface area contributed by atoms with Crippen molar-refractivity contribution in [3.05, 3.63) is 12.2 Å². The monoisotopic (exact) mass is 152 g/mol. The van der Waals surface area contributed by atoms with Crippen LogP contribution in [0.1, 0.15) is 13.8 Å². The molecule has 2 heteroatoms. The van der Waals surface area contributed by atoms with Crippen molar-refractivity contribution in [3.63, 3.8) is 0 Å². The van der Waals surface area contributed by atoms with Crippen LogP contribution in [-0.4, -0.2) is 25.0 Å². The third-order valence-corrected chi connectivity index (χ3v) is 1.29. The van der Waals surface area contributed by atoms with E-state index in [1.54, 1.807) is 0 Å². The van der Waals surface area contributed by atoms with Crippen LogP contribution in [0.4, 0.5) is 0 Å². The summed E-state index contributed by atoms with van der Waals surface area (Å²) in [6.07, 6.45) is 3.40. The SMILES string of the molecule is CC(C)CN(C)C/C=C/C#N. The number of likely N-dealkylation sites (N-methyl/N-ethyl adjacent to an activating group) is 1. The average molecular weight is 152 g/mol. The third-order valence-electron chi connectivity index (χ3n) is 1.29. The highest BCUT2D eigenvalue weighted by Crippen LogP contribution is 1.94. The van der Waals surface area contributed by atoms with Gasteiger partial charge >= 0.3 is 0 Å². The van der Waals surface area contributed by atoms with E-state index in [-0.39, 0.29) is 0 Å². The molecule has 0 unspecified atom stereocenters. The number of nitrogens with zero attached hydrogens (tertiary/aromatic N) is 2. The normalized spacial score (nSPS) is 11.3. The molecule has 0 aromatic carbocycles. The topological polar surface area (TPSA) is 27.0 Å². The molecular weight excluding hydrogens is 136 g/mol. The summed E-state index contributed by atoms with van der Waals surface area (Å²) in [5.41, 5.74) is 0.